The molecular formula is C19H26O. The molecule has 0 spiro atoms. The predicted octanol–water partition coefficient (Wildman–Crippen LogP) is 4.72. The minimum Gasteiger partial charge on any atom is -0.378 e. The summed E-state index contributed by atoms with van der Waals surface area (Å²) in [6.45, 7) is 4.17. The summed E-state index contributed by atoms with van der Waals surface area (Å²) in [7, 11) is 1.77. The second-order valence-corrected chi connectivity index (χ2v) is 5.76. The van der Waals surface area contributed by atoms with Gasteiger partial charge in [-0.1, -0.05) is 42.5 Å². The smallest absolute Gasteiger partial charge is 0.0729 e. The summed E-state index contributed by atoms with van der Waals surface area (Å²) in [4.78, 5) is 0. The van der Waals surface area contributed by atoms with E-state index in [-0.39, 0.29) is 6.10 Å². The van der Waals surface area contributed by atoms with Gasteiger partial charge in [-0.25, -0.2) is 0 Å². The van der Waals surface area contributed by atoms with Crippen molar-refractivity contribution in [1.29, 1.82) is 0 Å². The van der Waals surface area contributed by atoms with E-state index in [1.54, 1.807) is 18.2 Å². The lowest BCUT2D eigenvalue weighted by Crippen LogP contribution is -2.03. The van der Waals surface area contributed by atoms with Gasteiger partial charge in [0, 0.05) is 7.11 Å². The van der Waals surface area contributed by atoms with Crippen LogP contribution in [0.1, 0.15) is 37.8 Å². The van der Waals surface area contributed by atoms with Gasteiger partial charge in [-0.05, 0) is 62.1 Å². The van der Waals surface area contributed by atoms with Gasteiger partial charge in [0.2, 0.25) is 0 Å². The highest BCUT2D eigenvalue weighted by molar-refractivity contribution is 5.32. The van der Waals surface area contributed by atoms with Gasteiger partial charge in [0.25, 0.3) is 0 Å². The Balaban J connectivity index is 1.90. The van der Waals surface area contributed by atoms with Crippen LogP contribution in [0.4, 0.5) is 0 Å². The SMILES string of the molecule is C/C=C\C(=C/C(C)OC)CCC1Cc2ccccc2C1. The zero-order valence-electron chi connectivity index (χ0n) is 12.9. The Bertz CT molecular complexity index is 459. The van der Waals surface area contributed by atoms with Crippen molar-refractivity contribution in [2.45, 2.75) is 45.6 Å². The van der Waals surface area contributed by atoms with Gasteiger partial charge in [0.15, 0.2) is 0 Å². The molecule has 1 aliphatic carbocycles. The minimum absolute atomic E-state index is 0.196. The van der Waals surface area contributed by atoms with Crippen LogP contribution in [0.5, 0.6) is 0 Å². The van der Waals surface area contributed by atoms with Crippen LogP contribution in [0.15, 0.2) is 48.1 Å². The van der Waals surface area contributed by atoms with Crippen LogP contribution < -0.4 is 0 Å². The molecular weight excluding hydrogens is 244 g/mol. The van der Waals surface area contributed by atoms with E-state index in [0.29, 0.717) is 0 Å². The summed E-state index contributed by atoms with van der Waals surface area (Å²) >= 11 is 0. The molecule has 1 nitrogen and oxygen atoms in total. The monoisotopic (exact) mass is 270 g/mol. The summed E-state index contributed by atoms with van der Waals surface area (Å²) in [6, 6.07) is 8.88. The van der Waals surface area contributed by atoms with Gasteiger partial charge in [-0.3, -0.25) is 0 Å². The van der Waals surface area contributed by atoms with Gasteiger partial charge in [0.05, 0.1) is 6.10 Å². The van der Waals surface area contributed by atoms with Crippen molar-refractivity contribution >= 4 is 0 Å². The van der Waals surface area contributed by atoms with Crippen LogP contribution in [0.2, 0.25) is 0 Å². The molecule has 0 saturated carbocycles. The summed E-state index contributed by atoms with van der Waals surface area (Å²) < 4.78 is 5.34. The highest BCUT2D eigenvalue weighted by atomic mass is 16.5. The molecule has 1 aromatic rings. The molecule has 2 rings (SSSR count). The van der Waals surface area contributed by atoms with Gasteiger partial charge >= 0.3 is 0 Å². The summed E-state index contributed by atoms with van der Waals surface area (Å²) in [5.41, 5.74) is 4.51. The average Bonchev–Trinajstić information content (AvgIpc) is 2.87. The van der Waals surface area contributed by atoms with Crippen molar-refractivity contribution in [1.82, 2.24) is 0 Å². The van der Waals surface area contributed by atoms with Crippen molar-refractivity contribution in [3.8, 4) is 0 Å². The van der Waals surface area contributed by atoms with E-state index in [1.165, 1.54) is 24.8 Å². The van der Waals surface area contributed by atoms with Crippen LogP contribution in [-0.4, -0.2) is 13.2 Å². The fraction of sp³-hybridized carbons (Fsp3) is 0.474. The van der Waals surface area contributed by atoms with Crippen LogP contribution in [0, 0.1) is 5.92 Å². The number of methoxy groups -OCH3 is 1. The quantitative estimate of drug-likeness (QED) is 0.680. The van der Waals surface area contributed by atoms with E-state index in [2.05, 4.69) is 56.3 Å². The first-order chi connectivity index (χ1) is 9.72. The summed E-state index contributed by atoms with van der Waals surface area (Å²) in [5.74, 6) is 0.805. The molecule has 0 saturated heterocycles. The number of ether oxygens (including phenoxy) is 1. The standard InChI is InChI=1S/C19H26O/c1-4-7-16(12-15(2)20-3)10-11-17-13-18-8-5-6-9-19(18)14-17/h4-9,12,15,17H,10-11,13-14H2,1-3H3/b7-4-,16-12+. The molecule has 0 heterocycles. The van der Waals surface area contributed by atoms with Crippen LogP contribution in [-0.2, 0) is 17.6 Å². The summed E-state index contributed by atoms with van der Waals surface area (Å²) in [5, 5.41) is 0. The molecule has 20 heavy (non-hydrogen) atoms. The number of rotatable bonds is 6. The highest BCUT2D eigenvalue weighted by Gasteiger charge is 2.20. The Morgan fingerprint density at radius 1 is 1.30 bits per heavy atom. The maximum absolute atomic E-state index is 5.34. The third-order valence-corrected chi connectivity index (χ3v) is 4.18. The topological polar surface area (TPSA) is 9.23 Å². The average molecular weight is 270 g/mol. The molecule has 0 fully saturated rings. The molecule has 1 aliphatic rings. The zero-order valence-corrected chi connectivity index (χ0v) is 12.9. The Morgan fingerprint density at radius 3 is 2.50 bits per heavy atom. The largest absolute Gasteiger partial charge is 0.378 e. The Hall–Kier alpha value is -1.34. The summed E-state index contributed by atoms with van der Waals surface area (Å²) in [6.07, 6.45) is 11.7. The van der Waals surface area contributed by atoms with Crippen molar-refractivity contribution in [3.63, 3.8) is 0 Å². The van der Waals surface area contributed by atoms with Crippen LogP contribution in [0.3, 0.4) is 0 Å². The van der Waals surface area contributed by atoms with Crippen LogP contribution in [0.25, 0.3) is 0 Å². The number of hydrogen-bond donors (Lipinski definition) is 0. The maximum atomic E-state index is 5.34. The maximum Gasteiger partial charge on any atom is 0.0729 e. The van der Waals surface area contributed by atoms with E-state index in [1.807, 2.05) is 0 Å². The molecule has 0 amide bonds. The molecule has 0 bridgehead atoms. The van der Waals surface area contributed by atoms with Crippen molar-refractivity contribution in [3.05, 3.63) is 59.2 Å². The Morgan fingerprint density at radius 2 is 1.95 bits per heavy atom. The Kier molecular flexibility index (Phi) is 5.60. The molecule has 108 valence electrons. The van der Waals surface area contributed by atoms with Gasteiger partial charge in [-0.2, -0.15) is 0 Å². The van der Waals surface area contributed by atoms with Crippen molar-refractivity contribution < 1.29 is 4.74 Å². The lowest BCUT2D eigenvalue weighted by molar-refractivity contribution is 0.155. The molecule has 1 unspecified atom stereocenters. The van der Waals surface area contributed by atoms with E-state index >= 15 is 0 Å². The lowest BCUT2D eigenvalue weighted by atomic mass is 9.96. The first kappa shape index (κ1) is 15.1. The molecule has 1 heteroatoms. The highest BCUT2D eigenvalue weighted by Crippen LogP contribution is 2.30. The molecule has 0 N–H and O–H groups in total. The van der Waals surface area contributed by atoms with Crippen LogP contribution >= 0.6 is 0 Å². The second kappa shape index (κ2) is 7.44. The van der Waals surface area contributed by atoms with E-state index in [0.717, 1.165) is 12.3 Å². The molecule has 1 aromatic carbocycles. The first-order valence-corrected chi connectivity index (χ1v) is 7.66. The van der Waals surface area contributed by atoms with Crippen molar-refractivity contribution in [2.24, 2.45) is 5.92 Å². The molecule has 0 aromatic heterocycles. The fourth-order valence-electron chi connectivity index (χ4n) is 3.03. The number of allylic oxidation sites excluding steroid dienone is 3. The number of hydrogen-bond acceptors (Lipinski definition) is 1. The first-order valence-electron chi connectivity index (χ1n) is 7.66. The minimum atomic E-state index is 0.196. The molecule has 0 radical (unpaired) electrons. The van der Waals surface area contributed by atoms with E-state index in [4.69, 9.17) is 4.74 Å². The lowest BCUT2D eigenvalue weighted by Gasteiger charge is -2.11. The fourth-order valence-corrected chi connectivity index (χ4v) is 3.03. The second-order valence-electron chi connectivity index (χ2n) is 5.76. The van der Waals surface area contributed by atoms with Gasteiger partial charge in [-0.15, -0.1) is 0 Å². The van der Waals surface area contributed by atoms with Gasteiger partial charge < -0.3 is 4.74 Å². The third kappa shape index (κ3) is 4.08. The van der Waals surface area contributed by atoms with E-state index in [9.17, 15) is 0 Å². The Labute approximate surface area is 123 Å². The zero-order chi connectivity index (χ0) is 14.4. The normalized spacial score (nSPS) is 17.6. The van der Waals surface area contributed by atoms with Gasteiger partial charge in [0.1, 0.15) is 0 Å². The van der Waals surface area contributed by atoms with E-state index < -0.39 is 0 Å². The number of fused-ring (bicyclic) bond motifs is 1. The molecule has 1 atom stereocenters. The third-order valence-electron chi connectivity index (χ3n) is 4.18. The molecule has 0 aliphatic heterocycles. The predicted molar refractivity (Wildman–Crippen MR) is 85.9 cm³/mol. The number of benzene rings is 1. The van der Waals surface area contributed by atoms with Crippen molar-refractivity contribution in [2.75, 3.05) is 7.11 Å².